The molecular weight excluding hydrogens is 429 g/mol. The Hall–Kier alpha value is -1.05. The molecule has 29 heavy (non-hydrogen) atoms. The number of aromatic nitrogens is 2. The third-order valence-corrected chi connectivity index (χ3v) is 7.94. The molecule has 2 aliphatic heterocycles. The van der Waals surface area contributed by atoms with E-state index in [1.807, 2.05) is 19.1 Å². The van der Waals surface area contributed by atoms with Gasteiger partial charge in [-0.25, -0.2) is 9.97 Å². The number of aliphatic hydroxyl groups excluding tert-OH is 1. The van der Waals surface area contributed by atoms with E-state index in [1.165, 1.54) is 11.8 Å². The minimum Gasteiger partial charge on any atom is -0.390 e. The van der Waals surface area contributed by atoms with Crippen molar-refractivity contribution < 1.29 is 9.84 Å². The molecule has 1 aromatic carbocycles. The predicted molar refractivity (Wildman–Crippen MR) is 117 cm³/mol. The van der Waals surface area contributed by atoms with E-state index < -0.39 is 0 Å². The van der Waals surface area contributed by atoms with Crippen molar-refractivity contribution >= 4 is 40.8 Å². The molecule has 2 saturated heterocycles. The molecule has 0 bridgehead atoms. The number of hydrogen-bond acceptors (Lipinski definition) is 6. The lowest BCUT2D eigenvalue weighted by molar-refractivity contribution is 0.0975. The Kier molecular flexibility index (Phi) is 6.28. The maximum absolute atomic E-state index is 9.96. The molecule has 2 aromatic rings. The molecule has 0 saturated carbocycles. The maximum atomic E-state index is 9.96. The van der Waals surface area contributed by atoms with Gasteiger partial charge >= 0.3 is 0 Å². The molecule has 5 nitrogen and oxygen atoms in total. The van der Waals surface area contributed by atoms with E-state index in [0.717, 1.165) is 60.4 Å². The van der Waals surface area contributed by atoms with Gasteiger partial charge in [0, 0.05) is 18.0 Å². The highest BCUT2D eigenvalue weighted by molar-refractivity contribution is 7.99. The van der Waals surface area contributed by atoms with Gasteiger partial charge in [-0.15, -0.1) is 0 Å². The minimum absolute atomic E-state index is 0.152. The molecule has 1 aromatic heterocycles. The predicted octanol–water partition coefficient (Wildman–Crippen LogP) is 5.13. The van der Waals surface area contributed by atoms with Gasteiger partial charge in [0.25, 0.3) is 0 Å². The van der Waals surface area contributed by atoms with Crippen molar-refractivity contribution in [3.63, 3.8) is 0 Å². The van der Waals surface area contributed by atoms with Gasteiger partial charge in [0.2, 0.25) is 0 Å². The van der Waals surface area contributed by atoms with Crippen molar-refractivity contribution in [1.29, 1.82) is 0 Å². The Morgan fingerprint density at radius 1 is 1.28 bits per heavy atom. The summed E-state index contributed by atoms with van der Waals surface area (Å²) in [6, 6.07) is 5.52. The summed E-state index contributed by atoms with van der Waals surface area (Å²) >= 11 is 13.9. The molecule has 2 aliphatic rings. The second-order valence-corrected chi connectivity index (χ2v) is 9.83. The first kappa shape index (κ1) is 21.2. The van der Waals surface area contributed by atoms with Crippen LogP contribution in [-0.2, 0) is 11.3 Å². The first-order chi connectivity index (χ1) is 13.9. The number of anilines is 1. The summed E-state index contributed by atoms with van der Waals surface area (Å²) in [5.74, 6) is 0.786. The Balaban J connectivity index is 1.55. The van der Waals surface area contributed by atoms with Crippen LogP contribution in [0, 0.1) is 12.3 Å². The van der Waals surface area contributed by atoms with Crippen LogP contribution in [0.4, 0.5) is 5.82 Å². The van der Waals surface area contributed by atoms with Crippen LogP contribution in [0.2, 0.25) is 10.0 Å². The molecule has 0 unspecified atom stereocenters. The fourth-order valence-corrected chi connectivity index (χ4v) is 5.61. The van der Waals surface area contributed by atoms with E-state index in [2.05, 4.69) is 11.8 Å². The summed E-state index contributed by atoms with van der Waals surface area (Å²) in [7, 11) is 0. The van der Waals surface area contributed by atoms with Crippen molar-refractivity contribution in [3.8, 4) is 0 Å². The Morgan fingerprint density at radius 2 is 2.03 bits per heavy atom. The number of aryl methyl sites for hydroxylation is 1. The Bertz CT molecular complexity index is 904. The van der Waals surface area contributed by atoms with E-state index >= 15 is 0 Å². The van der Waals surface area contributed by atoms with Gasteiger partial charge in [-0.3, -0.25) is 0 Å². The number of ether oxygens (including phenoxy) is 1. The molecule has 2 fully saturated rings. The van der Waals surface area contributed by atoms with Crippen molar-refractivity contribution in [3.05, 3.63) is 39.6 Å². The second-order valence-electron chi connectivity index (χ2n) is 8.01. The lowest BCUT2D eigenvalue weighted by Gasteiger charge is -2.39. The van der Waals surface area contributed by atoms with Crippen molar-refractivity contribution in [2.75, 3.05) is 24.6 Å². The molecule has 3 heterocycles. The van der Waals surface area contributed by atoms with Gasteiger partial charge in [0.15, 0.2) is 5.82 Å². The summed E-state index contributed by atoms with van der Waals surface area (Å²) in [4.78, 5) is 12.6. The highest BCUT2D eigenvalue weighted by Gasteiger charge is 2.41. The van der Waals surface area contributed by atoms with E-state index in [4.69, 9.17) is 37.9 Å². The first-order valence-corrected chi connectivity index (χ1v) is 11.4. The summed E-state index contributed by atoms with van der Waals surface area (Å²) in [5.41, 5.74) is 1.72. The average Bonchev–Trinajstić information content (AvgIpc) is 3.07. The van der Waals surface area contributed by atoms with Crippen LogP contribution < -0.4 is 4.90 Å². The highest BCUT2D eigenvalue weighted by atomic mass is 35.5. The molecule has 4 rings (SSSR count). The van der Waals surface area contributed by atoms with Gasteiger partial charge in [-0.2, -0.15) is 0 Å². The normalized spacial score (nSPS) is 21.1. The zero-order chi connectivity index (χ0) is 20.6. The summed E-state index contributed by atoms with van der Waals surface area (Å²) < 4.78 is 5.83. The molecule has 156 valence electrons. The molecule has 1 atom stereocenters. The van der Waals surface area contributed by atoms with Crippen molar-refractivity contribution in [1.82, 2.24) is 9.97 Å². The number of piperidine rings is 1. The number of nitrogens with zero attached hydrogens (tertiary/aromatic N) is 3. The molecule has 8 heteroatoms. The number of aliphatic hydroxyl groups is 1. The van der Waals surface area contributed by atoms with Crippen LogP contribution >= 0.6 is 35.0 Å². The summed E-state index contributed by atoms with van der Waals surface area (Å²) in [5, 5.41) is 11.7. The van der Waals surface area contributed by atoms with Crippen molar-refractivity contribution in [2.24, 2.45) is 5.41 Å². The topological polar surface area (TPSA) is 58.5 Å². The second kappa shape index (κ2) is 8.60. The standard InChI is InChI=1S/C21H25Cl2N3O2S/c1-13-10-21(12-28-13)6-8-26(9-7-21)19-16(11-27)25-20(14(2)24-19)29-17-5-3-4-15(22)18(17)23/h3-5,13,27H,6-12H2,1-2H3/t13-/m0/s1. The SMILES string of the molecule is Cc1nc(N2CCC3(CC2)CO[C@@H](C)C3)c(CO)nc1Sc1cccc(Cl)c1Cl. The summed E-state index contributed by atoms with van der Waals surface area (Å²) in [6.07, 6.45) is 3.65. The van der Waals surface area contributed by atoms with E-state index in [0.29, 0.717) is 27.3 Å². The molecule has 0 amide bonds. The third-order valence-electron chi connectivity index (χ3n) is 5.87. The van der Waals surface area contributed by atoms with Crippen LogP contribution in [0.5, 0.6) is 0 Å². The Labute approximate surface area is 185 Å². The quantitative estimate of drug-likeness (QED) is 0.691. The van der Waals surface area contributed by atoms with Gasteiger partial charge < -0.3 is 14.7 Å². The molecule has 1 N–H and O–H groups in total. The first-order valence-electron chi connectivity index (χ1n) is 9.87. The van der Waals surface area contributed by atoms with E-state index in [1.54, 1.807) is 6.07 Å². The fraction of sp³-hybridized carbons (Fsp3) is 0.524. The maximum Gasteiger partial charge on any atom is 0.153 e. The zero-order valence-corrected chi connectivity index (χ0v) is 18.9. The highest BCUT2D eigenvalue weighted by Crippen LogP contribution is 2.43. The third kappa shape index (κ3) is 4.37. The van der Waals surface area contributed by atoms with Crippen molar-refractivity contribution in [2.45, 2.75) is 55.7 Å². The van der Waals surface area contributed by atoms with Gasteiger partial charge in [-0.1, -0.05) is 41.0 Å². The molecule has 0 radical (unpaired) electrons. The number of rotatable bonds is 4. The van der Waals surface area contributed by atoms with E-state index in [9.17, 15) is 5.11 Å². The molecule has 1 spiro atoms. The minimum atomic E-state index is -0.152. The monoisotopic (exact) mass is 453 g/mol. The fourth-order valence-electron chi connectivity index (χ4n) is 4.24. The largest absolute Gasteiger partial charge is 0.390 e. The van der Waals surface area contributed by atoms with Crippen LogP contribution in [0.15, 0.2) is 28.1 Å². The Morgan fingerprint density at radius 3 is 2.69 bits per heavy atom. The molecule has 0 aliphatic carbocycles. The zero-order valence-electron chi connectivity index (χ0n) is 16.6. The number of halogens is 2. The van der Waals surface area contributed by atoms with Gasteiger partial charge in [0.1, 0.15) is 10.7 Å². The van der Waals surface area contributed by atoms with Crippen LogP contribution in [-0.4, -0.2) is 40.9 Å². The van der Waals surface area contributed by atoms with Crippen LogP contribution in [0.25, 0.3) is 0 Å². The van der Waals surface area contributed by atoms with Crippen LogP contribution in [0.3, 0.4) is 0 Å². The lowest BCUT2D eigenvalue weighted by Crippen LogP contribution is -2.41. The summed E-state index contributed by atoms with van der Waals surface area (Å²) in [6.45, 7) is 6.61. The van der Waals surface area contributed by atoms with Gasteiger partial charge in [-0.05, 0) is 50.7 Å². The number of benzene rings is 1. The lowest BCUT2D eigenvalue weighted by atomic mass is 9.77. The van der Waals surface area contributed by atoms with Gasteiger partial charge in [0.05, 0.1) is 35.1 Å². The molecular formula is C21H25Cl2N3O2S. The number of hydrogen-bond donors (Lipinski definition) is 1. The smallest absolute Gasteiger partial charge is 0.153 e. The van der Waals surface area contributed by atoms with E-state index in [-0.39, 0.29) is 6.61 Å². The van der Waals surface area contributed by atoms with Crippen LogP contribution in [0.1, 0.15) is 37.6 Å². The average molecular weight is 454 g/mol.